The molecule has 0 spiro atoms. The van der Waals surface area contributed by atoms with Crippen LogP contribution in [-0.2, 0) is 0 Å². The first-order chi connectivity index (χ1) is 10.2. The van der Waals surface area contributed by atoms with Gasteiger partial charge < -0.3 is 14.8 Å². The lowest BCUT2D eigenvalue weighted by molar-refractivity contribution is 0.0697. The standard InChI is InChI=1S/C16H20N2O3/c19-15(20)11-8-9-13-14(10-11)21-16(18-13)17-12-6-4-2-1-3-5-7-12/h8-10,12H,1-7H2,(H,17,18)(H,19,20). The number of carbonyl (C=O) groups is 1. The fourth-order valence-electron chi connectivity index (χ4n) is 2.89. The number of carboxylic acids is 1. The van der Waals surface area contributed by atoms with Crippen molar-refractivity contribution in [1.29, 1.82) is 0 Å². The minimum atomic E-state index is -0.956. The van der Waals surface area contributed by atoms with E-state index in [0.717, 1.165) is 12.8 Å². The van der Waals surface area contributed by atoms with Gasteiger partial charge in [-0.1, -0.05) is 32.1 Å². The second kappa shape index (κ2) is 6.16. The molecule has 5 heteroatoms. The zero-order chi connectivity index (χ0) is 14.7. The molecule has 2 aromatic rings. The number of anilines is 1. The minimum Gasteiger partial charge on any atom is -0.478 e. The van der Waals surface area contributed by atoms with Gasteiger partial charge in [-0.15, -0.1) is 0 Å². The maximum atomic E-state index is 11.0. The second-order valence-corrected chi connectivity index (χ2v) is 5.69. The Morgan fingerprint density at radius 2 is 1.90 bits per heavy atom. The highest BCUT2D eigenvalue weighted by Gasteiger charge is 2.15. The Balaban J connectivity index is 1.75. The number of hydrogen-bond donors (Lipinski definition) is 2. The van der Waals surface area contributed by atoms with Gasteiger partial charge in [0.15, 0.2) is 5.58 Å². The third-order valence-electron chi connectivity index (χ3n) is 4.07. The van der Waals surface area contributed by atoms with Crippen molar-refractivity contribution < 1.29 is 14.3 Å². The number of oxazole rings is 1. The van der Waals surface area contributed by atoms with E-state index in [4.69, 9.17) is 9.52 Å². The number of aromatic nitrogens is 1. The summed E-state index contributed by atoms with van der Waals surface area (Å²) < 4.78 is 5.65. The molecule has 1 aliphatic carbocycles. The molecule has 21 heavy (non-hydrogen) atoms. The highest BCUT2D eigenvalue weighted by molar-refractivity contribution is 5.92. The number of nitrogens with zero attached hydrogens (tertiary/aromatic N) is 1. The van der Waals surface area contributed by atoms with Crippen LogP contribution in [-0.4, -0.2) is 22.1 Å². The summed E-state index contributed by atoms with van der Waals surface area (Å²) in [4.78, 5) is 15.4. The summed E-state index contributed by atoms with van der Waals surface area (Å²) in [7, 11) is 0. The van der Waals surface area contributed by atoms with Gasteiger partial charge in [-0.2, -0.15) is 4.98 Å². The van der Waals surface area contributed by atoms with Crippen LogP contribution in [0.15, 0.2) is 22.6 Å². The van der Waals surface area contributed by atoms with Crippen LogP contribution in [0.2, 0.25) is 0 Å². The number of benzene rings is 1. The summed E-state index contributed by atoms with van der Waals surface area (Å²) in [5, 5.41) is 12.4. The average Bonchev–Trinajstić information content (AvgIpc) is 2.82. The van der Waals surface area contributed by atoms with Crippen molar-refractivity contribution in [3.63, 3.8) is 0 Å². The van der Waals surface area contributed by atoms with Crippen LogP contribution in [0.4, 0.5) is 6.01 Å². The summed E-state index contributed by atoms with van der Waals surface area (Å²) in [6.45, 7) is 0. The van der Waals surface area contributed by atoms with Gasteiger partial charge in [0.25, 0.3) is 6.01 Å². The maximum Gasteiger partial charge on any atom is 0.335 e. The van der Waals surface area contributed by atoms with Gasteiger partial charge in [0.2, 0.25) is 0 Å². The SMILES string of the molecule is O=C(O)c1ccc2nc(NC3CCCCCCC3)oc2c1. The third kappa shape index (κ3) is 3.35. The van der Waals surface area contributed by atoms with Crippen molar-refractivity contribution in [2.45, 2.75) is 51.0 Å². The van der Waals surface area contributed by atoms with Gasteiger partial charge in [0.05, 0.1) is 5.56 Å². The Labute approximate surface area is 123 Å². The quantitative estimate of drug-likeness (QED) is 0.891. The molecule has 0 radical (unpaired) electrons. The fraction of sp³-hybridized carbons (Fsp3) is 0.500. The Hall–Kier alpha value is -2.04. The third-order valence-corrected chi connectivity index (χ3v) is 4.07. The highest BCUT2D eigenvalue weighted by atomic mass is 16.4. The molecule has 0 unspecified atom stereocenters. The van der Waals surface area contributed by atoms with E-state index < -0.39 is 5.97 Å². The molecule has 0 bridgehead atoms. The van der Waals surface area contributed by atoms with E-state index in [1.807, 2.05) is 0 Å². The molecular weight excluding hydrogens is 268 g/mol. The Morgan fingerprint density at radius 3 is 2.62 bits per heavy atom. The molecule has 1 aliphatic rings. The van der Waals surface area contributed by atoms with E-state index in [9.17, 15) is 4.79 Å². The monoisotopic (exact) mass is 288 g/mol. The number of carboxylic acid groups (broad SMARTS) is 1. The van der Waals surface area contributed by atoms with Gasteiger partial charge in [-0.25, -0.2) is 4.79 Å². The van der Waals surface area contributed by atoms with Crippen LogP contribution in [0.3, 0.4) is 0 Å². The van der Waals surface area contributed by atoms with Gasteiger partial charge in [0, 0.05) is 6.04 Å². The number of rotatable bonds is 3. The summed E-state index contributed by atoms with van der Waals surface area (Å²) in [5.74, 6) is -0.956. The molecule has 112 valence electrons. The van der Waals surface area contributed by atoms with E-state index in [1.165, 1.54) is 38.2 Å². The van der Waals surface area contributed by atoms with Gasteiger partial charge in [0.1, 0.15) is 5.52 Å². The highest BCUT2D eigenvalue weighted by Crippen LogP contribution is 2.24. The molecular formula is C16H20N2O3. The maximum absolute atomic E-state index is 11.0. The average molecular weight is 288 g/mol. The molecule has 1 heterocycles. The predicted molar refractivity (Wildman–Crippen MR) is 80.7 cm³/mol. The molecule has 1 aromatic carbocycles. The van der Waals surface area contributed by atoms with Crippen molar-refractivity contribution in [2.24, 2.45) is 0 Å². The summed E-state index contributed by atoms with van der Waals surface area (Å²) in [5.41, 5.74) is 1.42. The summed E-state index contributed by atoms with van der Waals surface area (Å²) in [6, 6.07) is 5.65. The fourth-order valence-corrected chi connectivity index (χ4v) is 2.89. The molecule has 1 fully saturated rings. The van der Waals surface area contributed by atoms with Gasteiger partial charge >= 0.3 is 5.97 Å². The van der Waals surface area contributed by atoms with Crippen LogP contribution in [0.5, 0.6) is 0 Å². The van der Waals surface area contributed by atoms with Crippen molar-refractivity contribution in [3.8, 4) is 0 Å². The molecule has 2 N–H and O–H groups in total. The molecule has 1 saturated carbocycles. The van der Waals surface area contributed by atoms with Crippen LogP contribution in [0.1, 0.15) is 55.3 Å². The first-order valence-electron chi connectivity index (χ1n) is 7.63. The van der Waals surface area contributed by atoms with E-state index in [2.05, 4.69) is 10.3 Å². The molecule has 0 aliphatic heterocycles. The van der Waals surface area contributed by atoms with Crippen molar-refractivity contribution >= 4 is 23.1 Å². The number of hydrogen-bond acceptors (Lipinski definition) is 4. The van der Waals surface area contributed by atoms with E-state index >= 15 is 0 Å². The van der Waals surface area contributed by atoms with Crippen molar-refractivity contribution in [2.75, 3.05) is 5.32 Å². The van der Waals surface area contributed by atoms with E-state index in [0.29, 0.717) is 23.2 Å². The number of nitrogens with one attached hydrogen (secondary N) is 1. The zero-order valence-corrected chi connectivity index (χ0v) is 12.0. The lowest BCUT2D eigenvalue weighted by Crippen LogP contribution is -2.20. The summed E-state index contributed by atoms with van der Waals surface area (Å²) >= 11 is 0. The number of aromatic carboxylic acids is 1. The largest absolute Gasteiger partial charge is 0.478 e. The lowest BCUT2D eigenvalue weighted by atomic mass is 9.97. The Bertz CT molecular complexity index is 627. The van der Waals surface area contributed by atoms with E-state index in [1.54, 1.807) is 12.1 Å². The topological polar surface area (TPSA) is 75.4 Å². The van der Waals surface area contributed by atoms with Crippen LogP contribution < -0.4 is 5.32 Å². The lowest BCUT2D eigenvalue weighted by Gasteiger charge is -2.19. The second-order valence-electron chi connectivity index (χ2n) is 5.69. The number of fused-ring (bicyclic) bond motifs is 1. The van der Waals surface area contributed by atoms with Crippen LogP contribution in [0.25, 0.3) is 11.1 Å². The first-order valence-corrected chi connectivity index (χ1v) is 7.63. The summed E-state index contributed by atoms with van der Waals surface area (Å²) in [6.07, 6.45) is 8.69. The first kappa shape index (κ1) is 13.9. The molecule has 1 aromatic heterocycles. The molecule has 3 rings (SSSR count). The smallest absolute Gasteiger partial charge is 0.335 e. The Morgan fingerprint density at radius 1 is 1.19 bits per heavy atom. The van der Waals surface area contributed by atoms with Crippen LogP contribution in [0, 0.1) is 0 Å². The van der Waals surface area contributed by atoms with Gasteiger partial charge in [-0.05, 0) is 31.0 Å². The molecule has 5 nitrogen and oxygen atoms in total. The van der Waals surface area contributed by atoms with Crippen molar-refractivity contribution in [1.82, 2.24) is 4.98 Å². The zero-order valence-electron chi connectivity index (χ0n) is 12.0. The minimum absolute atomic E-state index is 0.219. The molecule has 0 saturated heterocycles. The van der Waals surface area contributed by atoms with E-state index in [-0.39, 0.29) is 5.56 Å². The molecule has 0 atom stereocenters. The van der Waals surface area contributed by atoms with Crippen LogP contribution >= 0.6 is 0 Å². The Kier molecular flexibility index (Phi) is 4.08. The van der Waals surface area contributed by atoms with Gasteiger partial charge in [-0.3, -0.25) is 0 Å². The normalized spacial score (nSPS) is 17.3. The predicted octanol–water partition coefficient (Wildman–Crippen LogP) is 4.05. The van der Waals surface area contributed by atoms with Crippen molar-refractivity contribution in [3.05, 3.63) is 23.8 Å². The molecule has 0 amide bonds.